The van der Waals surface area contributed by atoms with Crippen molar-refractivity contribution in [1.82, 2.24) is 25.2 Å². The van der Waals surface area contributed by atoms with Gasteiger partial charge in [-0.25, -0.2) is 4.52 Å². The zero-order valence-electron chi connectivity index (χ0n) is 20.4. The van der Waals surface area contributed by atoms with Gasteiger partial charge in [-0.15, -0.1) is 0 Å². The molecule has 3 aliphatic rings. The fourth-order valence-electron chi connectivity index (χ4n) is 5.00. The van der Waals surface area contributed by atoms with E-state index in [-0.39, 0.29) is 35.9 Å². The molecule has 4 heterocycles. The number of ether oxygens (including phenoxy) is 1. The maximum atomic E-state index is 13.3. The van der Waals surface area contributed by atoms with Crippen LogP contribution in [0, 0.1) is 17.2 Å². The maximum Gasteiger partial charge on any atom is 0.255 e. The van der Waals surface area contributed by atoms with Crippen molar-refractivity contribution in [2.24, 2.45) is 5.92 Å². The van der Waals surface area contributed by atoms with Crippen molar-refractivity contribution in [1.29, 1.82) is 5.26 Å². The second kappa shape index (κ2) is 9.82. The van der Waals surface area contributed by atoms with Crippen molar-refractivity contribution in [3.05, 3.63) is 47.8 Å². The average Bonchev–Trinajstić information content (AvgIpc) is 3.66. The van der Waals surface area contributed by atoms with E-state index < -0.39 is 0 Å². The molecule has 0 unspecified atom stereocenters. The first-order valence-corrected chi connectivity index (χ1v) is 12.9. The molecular formula is C27H29N7O3. The number of nitrogens with one attached hydrogen (secondary N) is 3. The number of rotatable bonds is 7. The Morgan fingerprint density at radius 2 is 1.73 bits per heavy atom. The highest BCUT2D eigenvalue weighted by Crippen LogP contribution is 2.30. The molecule has 0 spiro atoms. The minimum Gasteiger partial charge on any atom is -0.377 e. The Balaban J connectivity index is 1.18. The fourth-order valence-corrected chi connectivity index (χ4v) is 5.00. The third kappa shape index (κ3) is 5.00. The predicted molar refractivity (Wildman–Crippen MR) is 136 cm³/mol. The van der Waals surface area contributed by atoms with Crippen LogP contribution in [0.3, 0.4) is 0 Å². The lowest BCUT2D eigenvalue weighted by Gasteiger charge is -2.31. The number of amides is 2. The third-order valence-corrected chi connectivity index (χ3v) is 7.40. The zero-order valence-corrected chi connectivity index (χ0v) is 20.4. The molecule has 0 bridgehead atoms. The molecule has 3 aromatic heterocycles. The van der Waals surface area contributed by atoms with Crippen molar-refractivity contribution >= 4 is 23.0 Å². The molecule has 2 amide bonds. The Morgan fingerprint density at radius 3 is 2.41 bits per heavy atom. The number of aromatic nitrogens is 3. The van der Waals surface area contributed by atoms with Gasteiger partial charge in [-0.2, -0.15) is 10.4 Å². The van der Waals surface area contributed by atoms with E-state index in [1.165, 1.54) is 6.20 Å². The summed E-state index contributed by atoms with van der Waals surface area (Å²) in [6.07, 6.45) is 8.54. The van der Waals surface area contributed by atoms with E-state index in [1.54, 1.807) is 16.8 Å². The largest absolute Gasteiger partial charge is 0.377 e. The summed E-state index contributed by atoms with van der Waals surface area (Å²) >= 11 is 0. The second-order valence-corrected chi connectivity index (χ2v) is 10.2. The number of hydrogen-bond acceptors (Lipinski definition) is 7. The summed E-state index contributed by atoms with van der Waals surface area (Å²) < 4.78 is 7.05. The molecule has 3 aromatic rings. The monoisotopic (exact) mass is 499 g/mol. The lowest BCUT2D eigenvalue weighted by Crippen LogP contribution is -2.44. The molecule has 0 atom stereocenters. The minimum atomic E-state index is -0.163. The van der Waals surface area contributed by atoms with Gasteiger partial charge in [0.15, 0.2) is 0 Å². The van der Waals surface area contributed by atoms with Crippen molar-refractivity contribution in [2.75, 3.05) is 18.5 Å². The van der Waals surface area contributed by atoms with E-state index in [0.717, 1.165) is 49.7 Å². The van der Waals surface area contributed by atoms with Gasteiger partial charge in [0.2, 0.25) is 5.91 Å². The zero-order chi connectivity index (χ0) is 25.4. The van der Waals surface area contributed by atoms with Crippen molar-refractivity contribution in [3.8, 4) is 17.5 Å². The first-order chi connectivity index (χ1) is 18.1. The summed E-state index contributed by atoms with van der Waals surface area (Å²) in [5, 5.41) is 23.3. The van der Waals surface area contributed by atoms with Crippen LogP contribution in [0.15, 0.2) is 36.7 Å². The SMILES string of the molecule is N#Cc1cnn2c(-c3cc(NC4COC4)c(C(=O)NC4CCC(NC(=O)C5CC5)CC4)cn3)ccc2c1. The quantitative estimate of drug-likeness (QED) is 0.455. The van der Waals surface area contributed by atoms with Crippen LogP contribution in [0.2, 0.25) is 0 Å². The van der Waals surface area contributed by atoms with Gasteiger partial charge in [-0.1, -0.05) is 0 Å². The fraction of sp³-hybridized carbons (Fsp3) is 0.444. The van der Waals surface area contributed by atoms with Crippen LogP contribution >= 0.6 is 0 Å². The van der Waals surface area contributed by atoms with Gasteiger partial charge in [0.05, 0.1) is 59.2 Å². The number of nitriles is 1. The summed E-state index contributed by atoms with van der Waals surface area (Å²) in [7, 11) is 0. The summed E-state index contributed by atoms with van der Waals surface area (Å²) in [5.41, 5.74) is 3.91. The predicted octanol–water partition coefficient (Wildman–Crippen LogP) is 2.65. The van der Waals surface area contributed by atoms with Crippen LogP contribution in [0.25, 0.3) is 16.9 Å². The molecule has 2 saturated carbocycles. The van der Waals surface area contributed by atoms with Crippen molar-refractivity contribution < 1.29 is 14.3 Å². The normalized spacial score (nSPS) is 21.6. The van der Waals surface area contributed by atoms with Gasteiger partial charge in [-0.3, -0.25) is 14.6 Å². The number of carbonyl (C=O) groups is 2. The average molecular weight is 500 g/mol. The Kier molecular flexibility index (Phi) is 6.22. The highest BCUT2D eigenvalue weighted by Gasteiger charge is 2.32. The van der Waals surface area contributed by atoms with E-state index in [9.17, 15) is 9.59 Å². The van der Waals surface area contributed by atoms with Crippen molar-refractivity contribution in [3.63, 3.8) is 0 Å². The van der Waals surface area contributed by atoms with E-state index in [4.69, 9.17) is 10.00 Å². The van der Waals surface area contributed by atoms with Crippen LogP contribution in [0.1, 0.15) is 54.4 Å². The summed E-state index contributed by atoms with van der Waals surface area (Å²) in [4.78, 5) is 30.0. The molecule has 3 N–H and O–H groups in total. The number of carbonyl (C=O) groups excluding carboxylic acids is 2. The third-order valence-electron chi connectivity index (χ3n) is 7.40. The number of anilines is 1. The maximum absolute atomic E-state index is 13.3. The standard InChI is InChI=1S/C27H29N7O3/c28-11-16-9-21-7-8-25(34(21)30-12-16)24-10-23(31-20-14-37-15-20)22(13-29-24)27(36)33-19-5-3-18(4-6-19)32-26(35)17-1-2-17/h7-10,12-13,17-20H,1-6,14-15H2,(H,29,31)(H,32,35)(H,33,36). The molecule has 190 valence electrons. The number of nitrogens with zero attached hydrogens (tertiary/aromatic N) is 4. The highest BCUT2D eigenvalue weighted by molar-refractivity contribution is 6.00. The van der Waals surface area contributed by atoms with Crippen LogP contribution in [0.4, 0.5) is 5.69 Å². The lowest BCUT2D eigenvalue weighted by molar-refractivity contribution is -0.123. The highest BCUT2D eigenvalue weighted by atomic mass is 16.5. The van der Waals surface area contributed by atoms with Crippen LogP contribution in [-0.4, -0.2) is 57.8 Å². The minimum absolute atomic E-state index is 0.0641. The Labute approximate surface area is 214 Å². The van der Waals surface area contributed by atoms with Crippen molar-refractivity contribution in [2.45, 2.75) is 56.7 Å². The number of pyridine rings is 1. The van der Waals surface area contributed by atoms with Gasteiger partial charge in [0, 0.05) is 24.2 Å². The van der Waals surface area contributed by atoms with E-state index in [0.29, 0.717) is 35.7 Å². The molecule has 0 aromatic carbocycles. The molecule has 0 radical (unpaired) electrons. The molecule has 6 rings (SSSR count). The first-order valence-electron chi connectivity index (χ1n) is 12.9. The van der Waals surface area contributed by atoms with E-state index in [1.807, 2.05) is 18.2 Å². The van der Waals surface area contributed by atoms with Crippen LogP contribution in [0.5, 0.6) is 0 Å². The molecule has 3 fully saturated rings. The number of fused-ring (bicyclic) bond motifs is 1. The molecule has 10 nitrogen and oxygen atoms in total. The smallest absolute Gasteiger partial charge is 0.255 e. The summed E-state index contributed by atoms with van der Waals surface area (Å²) in [5.74, 6) is 0.241. The van der Waals surface area contributed by atoms with E-state index >= 15 is 0 Å². The lowest BCUT2D eigenvalue weighted by atomic mass is 9.90. The van der Waals surface area contributed by atoms with Gasteiger partial charge in [-0.05, 0) is 62.8 Å². The Morgan fingerprint density at radius 1 is 0.973 bits per heavy atom. The molecule has 1 aliphatic heterocycles. The first kappa shape index (κ1) is 23.4. The molecule has 1 saturated heterocycles. The Hall–Kier alpha value is -3.97. The van der Waals surface area contributed by atoms with Gasteiger partial charge < -0.3 is 20.7 Å². The molecule has 37 heavy (non-hydrogen) atoms. The molecular weight excluding hydrogens is 470 g/mol. The van der Waals surface area contributed by atoms with Gasteiger partial charge in [0.1, 0.15) is 6.07 Å². The summed E-state index contributed by atoms with van der Waals surface area (Å²) in [6, 6.07) is 9.95. The topological polar surface area (TPSA) is 133 Å². The van der Waals surface area contributed by atoms with Gasteiger partial charge >= 0.3 is 0 Å². The molecule has 10 heteroatoms. The molecule has 2 aliphatic carbocycles. The second-order valence-electron chi connectivity index (χ2n) is 10.2. The Bertz CT molecular complexity index is 1380. The van der Waals surface area contributed by atoms with Gasteiger partial charge in [0.25, 0.3) is 5.91 Å². The number of hydrogen-bond donors (Lipinski definition) is 3. The van der Waals surface area contributed by atoms with E-state index in [2.05, 4.69) is 32.1 Å². The van der Waals surface area contributed by atoms with Crippen LogP contribution in [-0.2, 0) is 9.53 Å². The summed E-state index contributed by atoms with van der Waals surface area (Å²) in [6.45, 7) is 1.17. The van der Waals surface area contributed by atoms with Crippen LogP contribution < -0.4 is 16.0 Å².